The first-order valence-corrected chi connectivity index (χ1v) is 26.4. The van der Waals surface area contributed by atoms with Crippen LogP contribution in [0.1, 0.15) is 58.3 Å². The molecular formula is C64H62Br2N4O2. The lowest BCUT2D eigenvalue weighted by atomic mass is 9.72. The molecule has 0 fully saturated rings. The van der Waals surface area contributed by atoms with Crippen LogP contribution in [0.2, 0.25) is 0 Å². The van der Waals surface area contributed by atoms with Gasteiger partial charge < -0.3 is 20.0 Å². The molecule has 10 rings (SSSR count). The summed E-state index contributed by atoms with van der Waals surface area (Å²) in [5, 5.41) is 32.3. The molecule has 364 valence electrons. The smallest absolute Gasteiger partial charge is 0.100 e. The van der Waals surface area contributed by atoms with Crippen molar-refractivity contribution in [2.24, 2.45) is 0 Å². The van der Waals surface area contributed by atoms with Gasteiger partial charge in [0.15, 0.2) is 0 Å². The fourth-order valence-corrected chi connectivity index (χ4v) is 11.1. The maximum absolute atomic E-state index is 12.8. The first-order chi connectivity index (χ1) is 34.9. The fraction of sp³-hybridized carbons (Fsp3) is 0.219. The van der Waals surface area contributed by atoms with E-state index in [1.165, 1.54) is 11.1 Å². The van der Waals surface area contributed by atoms with Gasteiger partial charge in [0, 0.05) is 56.0 Å². The minimum Gasteiger partial charge on any atom is -0.384 e. The Bertz CT molecular complexity index is 3190. The number of hydrogen-bond acceptors (Lipinski definition) is 6. The summed E-state index contributed by atoms with van der Waals surface area (Å²) in [4.78, 5) is 14.5. The summed E-state index contributed by atoms with van der Waals surface area (Å²) < 4.78 is 2.06. The van der Waals surface area contributed by atoms with E-state index >= 15 is 0 Å². The van der Waals surface area contributed by atoms with E-state index in [0.717, 1.165) is 87.9 Å². The average Bonchev–Trinajstić information content (AvgIpc) is 3.40. The summed E-state index contributed by atoms with van der Waals surface area (Å²) in [6.45, 7) is 1.51. The molecule has 2 heterocycles. The number of hydrogen-bond donors (Lipinski definition) is 2. The lowest BCUT2D eigenvalue weighted by molar-refractivity contribution is -0.00729. The Hall–Kier alpha value is -6.10. The normalized spacial score (nSPS) is 14.2. The van der Waals surface area contributed by atoms with E-state index in [1.54, 1.807) is 0 Å². The monoisotopic (exact) mass is 1080 g/mol. The summed E-state index contributed by atoms with van der Waals surface area (Å²) in [7, 11) is 8.23. The fourth-order valence-electron chi connectivity index (χ4n) is 10.3. The van der Waals surface area contributed by atoms with Crippen molar-refractivity contribution in [1.29, 1.82) is 0 Å². The molecule has 2 aromatic heterocycles. The van der Waals surface area contributed by atoms with E-state index in [-0.39, 0.29) is 11.8 Å². The topological polar surface area (TPSA) is 72.7 Å². The molecule has 6 nitrogen and oxygen atoms in total. The van der Waals surface area contributed by atoms with Gasteiger partial charge in [-0.25, -0.2) is 0 Å². The Balaban J connectivity index is 0.000000178. The van der Waals surface area contributed by atoms with Gasteiger partial charge in [0.2, 0.25) is 0 Å². The van der Waals surface area contributed by atoms with Gasteiger partial charge in [-0.3, -0.25) is 9.97 Å². The second-order valence-corrected chi connectivity index (χ2v) is 21.5. The highest BCUT2D eigenvalue weighted by Crippen LogP contribution is 2.46. The lowest BCUT2D eigenvalue weighted by Gasteiger charge is -2.38. The lowest BCUT2D eigenvalue weighted by Crippen LogP contribution is -2.38. The Morgan fingerprint density at radius 2 is 0.792 bits per heavy atom. The van der Waals surface area contributed by atoms with Crippen LogP contribution in [0, 0.1) is 0 Å². The summed E-state index contributed by atoms with van der Waals surface area (Å²) in [5.41, 5.74) is 5.71. The summed E-state index contributed by atoms with van der Waals surface area (Å²) in [5.74, 6) is -0.475. The molecule has 0 amide bonds. The molecule has 0 aliphatic heterocycles. The van der Waals surface area contributed by atoms with Crippen LogP contribution in [-0.2, 0) is 24.0 Å². The third-order valence-electron chi connectivity index (χ3n) is 14.2. The molecule has 8 heteroatoms. The van der Waals surface area contributed by atoms with Crippen LogP contribution in [-0.4, -0.2) is 71.3 Å². The largest absolute Gasteiger partial charge is 0.384 e. The average molecular weight is 1080 g/mol. The van der Waals surface area contributed by atoms with E-state index in [0.29, 0.717) is 25.7 Å². The minimum absolute atomic E-state index is 0.237. The zero-order chi connectivity index (χ0) is 50.2. The van der Waals surface area contributed by atoms with Crippen LogP contribution in [0.15, 0.2) is 215 Å². The SMILES string of the molecule is CN(C)CC[C@@](O)(c1cccc2ccccc12)C(Cc1ccccc1)c1ccc2cc(Br)ccc2n1.CN(C)CC[C@](O)(c1cccc2ccccc12)C(Cc1ccccc1)c1ccc2cc(Br)ccc2n1. The van der Waals surface area contributed by atoms with Crippen molar-refractivity contribution < 1.29 is 10.2 Å². The van der Waals surface area contributed by atoms with Gasteiger partial charge in [-0.1, -0.05) is 190 Å². The van der Waals surface area contributed by atoms with Crippen LogP contribution < -0.4 is 0 Å². The van der Waals surface area contributed by atoms with E-state index in [4.69, 9.17) is 9.97 Å². The van der Waals surface area contributed by atoms with Gasteiger partial charge in [0.1, 0.15) is 11.2 Å². The van der Waals surface area contributed by atoms with Crippen molar-refractivity contribution in [1.82, 2.24) is 19.8 Å². The molecule has 0 saturated carbocycles. The van der Waals surface area contributed by atoms with E-state index < -0.39 is 11.2 Å². The third kappa shape index (κ3) is 11.6. The summed E-state index contributed by atoms with van der Waals surface area (Å²) in [6.07, 6.45) is 2.54. The summed E-state index contributed by atoms with van der Waals surface area (Å²) >= 11 is 7.14. The quantitative estimate of drug-likeness (QED) is 0.100. The molecule has 0 bridgehead atoms. The highest BCUT2D eigenvalue weighted by Gasteiger charge is 2.43. The Kier molecular flexibility index (Phi) is 16.1. The van der Waals surface area contributed by atoms with Crippen molar-refractivity contribution >= 4 is 75.2 Å². The van der Waals surface area contributed by atoms with Crippen LogP contribution >= 0.6 is 31.9 Å². The van der Waals surface area contributed by atoms with Gasteiger partial charge in [0.25, 0.3) is 0 Å². The number of aliphatic hydroxyl groups is 2. The molecule has 0 spiro atoms. The molecule has 0 radical (unpaired) electrons. The van der Waals surface area contributed by atoms with Gasteiger partial charge in [-0.05, 0) is 146 Å². The number of aromatic nitrogens is 2. The molecule has 0 aliphatic rings. The minimum atomic E-state index is -1.13. The second-order valence-electron chi connectivity index (χ2n) is 19.6. The predicted molar refractivity (Wildman–Crippen MR) is 307 cm³/mol. The maximum Gasteiger partial charge on any atom is 0.100 e. The summed E-state index contributed by atoms with van der Waals surface area (Å²) in [6, 6.07) is 70.8. The zero-order valence-corrected chi connectivity index (χ0v) is 44.6. The number of benzene rings is 8. The maximum atomic E-state index is 12.8. The van der Waals surface area contributed by atoms with Crippen LogP contribution in [0.25, 0.3) is 43.4 Å². The molecule has 10 aromatic rings. The van der Waals surface area contributed by atoms with Crippen molar-refractivity contribution in [3.63, 3.8) is 0 Å². The number of nitrogens with zero attached hydrogens (tertiary/aromatic N) is 4. The van der Waals surface area contributed by atoms with Crippen LogP contribution in [0.5, 0.6) is 0 Å². The number of halogens is 2. The molecule has 72 heavy (non-hydrogen) atoms. The molecule has 0 saturated heterocycles. The molecule has 4 atom stereocenters. The van der Waals surface area contributed by atoms with Crippen molar-refractivity contribution in [2.75, 3.05) is 41.3 Å². The molecule has 0 aliphatic carbocycles. The Morgan fingerprint density at radius 1 is 0.417 bits per heavy atom. The van der Waals surface area contributed by atoms with Gasteiger partial charge in [-0.2, -0.15) is 0 Å². The number of rotatable bonds is 16. The van der Waals surface area contributed by atoms with Crippen molar-refractivity contribution in [3.05, 3.63) is 249 Å². The predicted octanol–water partition coefficient (Wildman–Crippen LogP) is 14.6. The molecule has 2 N–H and O–H groups in total. The Morgan fingerprint density at radius 3 is 1.19 bits per heavy atom. The number of pyridine rings is 2. The van der Waals surface area contributed by atoms with Crippen LogP contribution in [0.3, 0.4) is 0 Å². The van der Waals surface area contributed by atoms with Crippen LogP contribution in [0.4, 0.5) is 0 Å². The highest BCUT2D eigenvalue weighted by molar-refractivity contribution is 9.10. The van der Waals surface area contributed by atoms with E-state index in [2.05, 4.69) is 240 Å². The number of fused-ring (bicyclic) bond motifs is 4. The van der Waals surface area contributed by atoms with Gasteiger partial charge in [0.05, 0.1) is 11.0 Å². The first-order valence-electron chi connectivity index (χ1n) is 24.8. The Labute approximate surface area is 441 Å². The highest BCUT2D eigenvalue weighted by atomic mass is 79.9. The third-order valence-corrected chi connectivity index (χ3v) is 15.2. The zero-order valence-electron chi connectivity index (χ0n) is 41.5. The standard InChI is InChI=1S/2C32H31BrN2O/c2*1-35(2)20-19-32(36,28-14-8-12-24-11-6-7-13-27(24)28)29(21-23-9-4-3-5-10-23)31-17-15-25-22-26(33)16-18-30(25)34-31/h2*3-18,22,29,36H,19-21H2,1-2H3/t2*29?,32-/m10/s1. The van der Waals surface area contributed by atoms with Gasteiger partial charge in [-0.15, -0.1) is 0 Å². The molecule has 2 unspecified atom stereocenters. The second kappa shape index (κ2) is 22.8. The van der Waals surface area contributed by atoms with Crippen molar-refractivity contribution in [3.8, 4) is 0 Å². The molecule has 8 aromatic carbocycles. The first kappa shape index (κ1) is 50.8. The molecular weight excluding hydrogens is 1020 g/mol. The van der Waals surface area contributed by atoms with Crippen molar-refractivity contribution in [2.45, 2.75) is 48.7 Å². The van der Waals surface area contributed by atoms with E-state index in [1.807, 2.05) is 36.4 Å². The van der Waals surface area contributed by atoms with Gasteiger partial charge >= 0.3 is 0 Å². The van der Waals surface area contributed by atoms with E-state index in [9.17, 15) is 10.2 Å².